The van der Waals surface area contributed by atoms with Crippen LogP contribution in [-0.4, -0.2) is 18.1 Å². The number of ether oxygens (including phenoxy) is 1. The van der Waals surface area contributed by atoms with Gasteiger partial charge in [0.25, 0.3) is 0 Å². The summed E-state index contributed by atoms with van der Waals surface area (Å²) in [6.07, 6.45) is 0.118. The topological polar surface area (TPSA) is 78.3 Å². The largest absolute Gasteiger partial charge is 0.469 e. The van der Waals surface area contributed by atoms with Crippen LogP contribution in [0.2, 0.25) is 0 Å². The Hall–Kier alpha value is -2.14. The molecule has 0 spiro atoms. The molecule has 19 heavy (non-hydrogen) atoms. The van der Waals surface area contributed by atoms with E-state index in [0.717, 1.165) is 11.1 Å². The van der Waals surface area contributed by atoms with E-state index in [2.05, 4.69) is 9.72 Å². The van der Waals surface area contributed by atoms with Gasteiger partial charge in [0.2, 0.25) is 5.89 Å². The van der Waals surface area contributed by atoms with Crippen LogP contribution < -0.4 is 5.73 Å². The summed E-state index contributed by atoms with van der Waals surface area (Å²) in [5.74, 6) is 0.796. The van der Waals surface area contributed by atoms with Crippen molar-refractivity contribution in [2.24, 2.45) is 5.73 Å². The lowest BCUT2D eigenvalue weighted by molar-refractivity contribution is -0.139. The van der Waals surface area contributed by atoms with Crippen LogP contribution in [0, 0.1) is 6.92 Å². The second-order valence-corrected chi connectivity index (χ2v) is 4.18. The van der Waals surface area contributed by atoms with E-state index >= 15 is 0 Å². The number of carbonyl (C=O) groups excluding carboxylic acids is 1. The number of rotatable bonds is 4. The first-order chi connectivity index (χ1) is 9.13. The molecule has 1 aromatic heterocycles. The average molecular weight is 260 g/mol. The van der Waals surface area contributed by atoms with E-state index < -0.39 is 0 Å². The molecule has 0 radical (unpaired) electrons. The van der Waals surface area contributed by atoms with Gasteiger partial charge < -0.3 is 14.9 Å². The van der Waals surface area contributed by atoms with Crippen molar-refractivity contribution in [2.75, 3.05) is 7.11 Å². The third-order valence-corrected chi connectivity index (χ3v) is 2.87. The fraction of sp³-hybridized carbons (Fsp3) is 0.286. The maximum atomic E-state index is 11.2. The van der Waals surface area contributed by atoms with E-state index in [-0.39, 0.29) is 12.4 Å². The number of nitrogens with zero attached hydrogens (tertiary/aromatic N) is 1. The molecule has 0 bridgehead atoms. The summed E-state index contributed by atoms with van der Waals surface area (Å²) in [7, 11) is 1.35. The van der Waals surface area contributed by atoms with Crippen LogP contribution in [0.15, 0.2) is 28.7 Å². The van der Waals surface area contributed by atoms with Crippen molar-refractivity contribution in [3.63, 3.8) is 0 Å². The zero-order chi connectivity index (χ0) is 13.8. The molecule has 0 aliphatic carbocycles. The van der Waals surface area contributed by atoms with Crippen molar-refractivity contribution in [1.82, 2.24) is 4.98 Å². The Morgan fingerprint density at radius 1 is 1.37 bits per heavy atom. The van der Waals surface area contributed by atoms with Gasteiger partial charge in [-0.15, -0.1) is 0 Å². The van der Waals surface area contributed by atoms with Gasteiger partial charge in [0.15, 0.2) is 0 Å². The molecule has 0 fully saturated rings. The molecule has 5 nitrogen and oxygen atoms in total. The SMILES string of the molecule is COC(=O)Cc1nc(-c2ccc(CN)cc2)oc1C. The Labute approximate surface area is 111 Å². The van der Waals surface area contributed by atoms with Crippen LogP contribution in [0.4, 0.5) is 0 Å². The fourth-order valence-electron chi connectivity index (χ4n) is 1.71. The molecule has 2 N–H and O–H groups in total. The maximum absolute atomic E-state index is 11.2. The van der Waals surface area contributed by atoms with E-state index in [1.165, 1.54) is 7.11 Å². The fourth-order valence-corrected chi connectivity index (χ4v) is 1.71. The Bertz CT molecular complexity index is 573. The predicted molar refractivity (Wildman–Crippen MR) is 70.3 cm³/mol. The molecule has 1 heterocycles. The number of hydrogen-bond acceptors (Lipinski definition) is 5. The van der Waals surface area contributed by atoms with Crippen molar-refractivity contribution in [2.45, 2.75) is 19.9 Å². The molecule has 1 aromatic carbocycles. The van der Waals surface area contributed by atoms with Crippen LogP contribution in [-0.2, 0) is 22.5 Å². The zero-order valence-corrected chi connectivity index (χ0v) is 11.0. The summed E-state index contributed by atoms with van der Waals surface area (Å²) in [6.45, 7) is 2.28. The van der Waals surface area contributed by atoms with Crippen molar-refractivity contribution < 1.29 is 13.9 Å². The molecular formula is C14H16N2O3. The lowest BCUT2D eigenvalue weighted by Crippen LogP contribution is -2.05. The standard InChI is InChI=1S/C14H16N2O3/c1-9-12(7-13(17)18-2)16-14(19-9)11-5-3-10(8-15)4-6-11/h3-6H,7-8,15H2,1-2H3. The first kappa shape index (κ1) is 13.3. The number of aryl methyl sites for hydroxylation is 1. The molecule has 0 aliphatic rings. The van der Waals surface area contributed by atoms with Crippen LogP contribution in [0.5, 0.6) is 0 Å². The molecule has 100 valence electrons. The minimum absolute atomic E-state index is 0.118. The highest BCUT2D eigenvalue weighted by molar-refractivity contribution is 5.72. The number of carbonyl (C=O) groups is 1. The first-order valence-electron chi connectivity index (χ1n) is 5.96. The van der Waals surface area contributed by atoms with E-state index in [1.807, 2.05) is 24.3 Å². The van der Waals surface area contributed by atoms with Crippen LogP contribution in [0.1, 0.15) is 17.0 Å². The Balaban J connectivity index is 2.25. The van der Waals surface area contributed by atoms with Crippen molar-refractivity contribution in [3.8, 4) is 11.5 Å². The second-order valence-electron chi connectivity index (χ2n) is 4.18. The molecule has 2 aromatic rings. The summed E-state index contributed by atoms with van der Waals surface area (Å²) in [4.78, 5) is 15.6. The van der Waals surface area contributed by atoms with Crippen molar-refractivity contribution in [1.29, 1.82) is 0 Å². The quantitative estimate of drug-likeness (QED) is 0.848. The van der Waals surface area contributed by atoms with Gasteiger partial charge in [-0.1, -0.05) is 12.1 Å². The monoisotopic (exact) mass is 260 g/mol. The molecule has 0 aliphatic heterocycles. The third-order valence-electron chi connectivity index (χ3n) is 2.87. The average Bonchev–Trinajstić information content (AvgIpc) is 2.80. The Morgan fingerprint density at radius 2 is 2.05 bits per heavy atom. The minimum Gasteiger partial charge on any atom is -0.469 e. The Morgan fingerprint density at radius 3 is 2.63 bits per heavy atom. The first-order valence-corrected chi connectivity index (χ1v) is 5.96. The molecule has 0 unspecified atom stereocenters. The number of benzene rings is 1. The van der Waals surface area contributed by atoms with E-state index in [0.29, 0.717) is 23.9 Å². The lowest BCUT2D eigenvalue weighted by atomic mass is 10.1. The number of oxazole rings is 1. The van der Waals surface area contributed by atoms with Gasteiger partial charge in [0.05, 0.1) is 19.2 Å². The van der Waals surface area contributed by atoms with Crippen LogP contribution >= 0.6 is 0 Å². The number of nitrogens with two attached hydrogens (primary N) is 1. The molecule has 5 heteroatoms. The van der Waals surface area contributed by atoms with E-state index in [9.17, 15) is 4.79 Å². The highest BCUT2D eigenvalue weighted by Gasteiger charge is 2.14. The number of aromatic nitrogens is 1. The predicted octanol–water partition coefficient (Wildman–Crippen LogP) is 1.82. The van der Waals surface area contributed by atoms with Crippen molar-refractivity contribution >= 4 is 5.97 Å². The van der Waals surface area contributed by atoms with Gasteiger partial charge >= 0.3 is 5.97 Å². The summed E-state index contributed by atoms with van der Waals surface area (Å²) in [5.41, 5.74) is 8.05. The van der Waals surface area contributed by atoms with Gasteiger partial charge in [0.1, 0.15) is 5.76 Å². The van der Waals surface area contributed by atoms with Gasteiger partial charge in [-0.2, -0.15) is 0 Å². The lowest BCUT2D eigenvalue weighted by Gasteiger charge is -1.98. The summed E-state index contributed by atoms with van der Waals surface area (Å²) >= 11 is 0. The molecule has 0 saturated heterocycles. The van der Waals surface area contributed by atoms with Gasteiger partial charge in [-0.05, 0) is 24.6 Å². The molecule has 2 rings (SSSR count). The maximum Gasteiger partial charge on any atom is 0.311 e. The molecule has 0 amide bonds. The summed E-state index contributed by atoms with van der Waals surface area (Å²) in [5, 5.41) is 0. The van der Waals surface area contributed by atoms with E-state index in [4.69, 9.17) is 10.2 Å². The van der Waals surface area contributed by atoms with Crippen molar-refractivity contribution in [3.05, 3.63) is 41.3 Å². The van der Waals surface area contributed by atoms with Gasteiger partial charge in [0, 0.05) is 12.1 Å². The number of hydrogen-bond donors (Lipinski definition) is 1. The number of methoxy groups -OCH3 is 1. The van der Waals surface area contributed by atoms with Crippen LogP contribution in [0.3, 0.4) is 0 Å². The molecule has 0 saturated carbocycles. The van der Waals surface area contributed by atoms with Gasteiger partial charge in [-0.25, -0.2) is 4.98 Å². The Kier molecular flexibility index (Phi) is 3.97. The van der Waals surface area contributed by atoms with Crippen LogP contribution in [0.25, 0.3) is 11.5 Å². The molecule has 0 atom stereocenters. The third kappa shape index (κ3) is 3.00. The summed E-state index contributed by atoms with van der Waals surface area (Å²) in [6, 6.07) is 7.65. The highest BCUT2D eigenvalue weighted by Crippen LogP contribution is 2.22. The smallest absolute Gasteiger partial charge is 0.311 e. The zero-order valence-electron chi connectivity index (χ0n) is 11.0. The summed E-state index contributed by atoms with van der Waals surface area (Å²) < 4.78 is 10.2. The number of esters is 1. The highest BCUT2D eigenvalue weighted by atomic mass is 16.5. The van der Waals surface area contributed by atoms with E-state index in [1.54, 1.807) is 6.92 Å². The molecular weight excluding hydrogens is 244 g/mol. The minimum atomic E-state index is -0.332. The normalized spacial score (nSPS) is 10.5. The second kappa shape index (κ2) is 5.67. The van der Waals surface area contributed by atoms with Gasteiger partial charge in [-0.3, -0.25) is 4.79 Å².